The molecule has 2 aromatic rings. The predicted molar refractivity (Wildman–Crippen MR) is 74.7 cm³/mol. The molecule has 2 rings (SSSR count). The molecular weight excluding hydrogens is 259 g/mol. The minimum atomic E-state index is -0.409. The number of rotatable bonds is 5. The third kappa shape index (κ3) is 3.06. The lowest BCUT2D eigenvalue weighted by atomic mass is 10.1. The summed E-state index contributed by atoms with van der Waals surface area (Å²) in [7, 11) is 1.51. The molecule has 0 radical (unpaired) electrons. The zero-order chi connectivity index (χ0) is 14.5. The summed E-state index contributed by atoms with van der Waals surface area (Å²) in [5, 5.41) is 7.50. The Morgan fingerprint density at radius 3 is 2.60 bits per heavy atom. The number of para-hydroxylation sites is 1. The Labute approximate surface area is 116 Å². The summed E-state index contributed by atoms with van der Waals surface area (Å²) in [6.45, 7) is 0.186. The van der Waals surface area contributed by atoms with Crippen LogP contribution in [0.3, 0.4) is 0 Å². The van der Waals surface area contributed by atoms with Crippen molar-refractivity contribution in [3.63, 3.8) is 0 Å². The van der Waals surface area contributed by atoms with Gasteiger partial charge in [0, 0.05) is 0 Å². The van der Waals surface area contributed by atoms with Crippen molar-refractivity contribution in [1.29, 1.82) is 5.41 Å². The van der Waals surface area contributed by atoms with E-state index in [1.54, 1.807) is 36.4 Å². The van der Waals surface area contributed by atoms with Crippen LogP contribution in [0.1, 0.15) is 11.1 Å². The third-order valence-corrected chi connectivity index (χ3v) is 2.79. The average molecular weight is 274 g/mol. The Kier molecular flexibility index (Phi) is 4.20. The van der Waals surface area contributed by atoms with Crippen LogP contribution in [0.2, 0.25) is 0 Å². The van der Waals surface area contributed by atoms with E-state index in [1.807, 2.05) is 0 Å². The van der Waals surface area contributed by atoms with Crippen LogP contribution in [0.15, 0.2) is 42.5 Å². The molecule has 4 nitrogen and oxygen atoms in total. The molecule has 0 aliphatic rings. The number of nitrogens with two attached hydrogens (primary N) is 1. The van der Waals surface area contributed by atoms with Gasteiger partial charge in [-0.05, 0) is 29.8 Å². The summed E-state index contributed by atoms with van der Waals surface area (Å²) >= 11 is 0. The Hall–Kier alpha value is -2.56. The van der Waals surface area contributed by atoms with Gasteiger partial charge >= 0.3 is 0 Å². The van der Waals surface area contributed by atoms with Gasteiger partial charge in [0.1, 0.15) is 18.2 Å². The smallest absolute Gasteiger partial charge is 0.165 e. The van der Waals surface area contributed by atoms with Crippen LogP contribution in [0.4, 0.5) is 4.39 Å². The van der Waals surface area contributed by atoms with Gasteiger partial charge in [-0.25, -0.2) is 4.39 Å². The van der Waals surface area contributed by atoms with Crippen molar-refractivity contribution in [2.24, 2.45) is 5.73 Å². The van der Waals surface area contributed by atoms with E-state index in [-0.39, 0.29) is 18.2 Å². The number of amidine groups is 1. The second-order valence-electron chi connectivity index (χ2n) is 4.17. The first kappa shape index (κ1) is 13.9. The standard InChI is InChI=1S/C15H15FN2O2/c1-19-13-7-6-10(8-11(13)15(17)18)9-20-14-5-3-2-4-12(14)16/h2-8H,9H2,1H3,(H3,17,18). The zero-order valence-electron chi connectivity index (χ0n) is 11.0. The van der Waals surface area contributed by atoms with Crippen molar-refractivity contribution >= 4 is 5.84 Å². The van der Waals surface area contributed by atoms with Crippen LogP contribution < -0.4 is 15.2 Å². The molecule has 0 spiro atoms. The summed E-state index contributed by atoms with van der Waals surface area (Å²) in [6.07, 6.45) is 0. The molecule has 104 valence electrons. The molecule has 0 atom stereocenters. The molecule has 0 fully saturated rings. The molecule has 0 bridgehead atoms. The minimum absolute atomic E-state index is 0.0883. The number of halogens is 1. The molecule has 20 heavy (non-hydrogen) atoms. The first-order valence-electron chi connectivity index (χ1n) is 6.00. The highest BCUT2D eigenvalue weighted by molar-refractivity contribution is 5.97. The molecule has 5 heteroatoms. The monoisotopic (exact) mass is 274 g/mol. The lowest BCUT2D eigenvalue weighted by Gasteiger charge is -2.11. The maximum absolute atomic E-state index is 13.4. The topological polar surface area (TPSA) is 68.3 Å². The van der Waals surface area contributed by atoms with E-state index >= 15 is 0 Å². The van der Waals surface area contributed by atoms with E-state index in [9.17, 15) is 4.39 Å². The first-order valence-corrected chi connectivity index (χ1v) is 6.00. The largest absolute Gasteiger partial charge is 0.496 e. The molecule has 3 N–H and O–H groups in total. The Morgan fingerprint density at radius 1 is 1.20 bits per heavy atom. The SMILES string of the molecule is COc1ccc(COc2ccccc2F)cc1C(=N)N. The van der Waals surface area contributed by atoms with Crippen molar-refractivity contribution in [2.75, 3.05) is 7.11 Å². The lowest BCUT2D eigenvalue weighted by molar-refractivity contribution is 0.290. The zero-order valence-corrected chi connectivity index (χ0v) is 11.0. The Balaban J connectivity index is 2.16. The van der Waals surface area contributed by atoms with Crippen LogP contribution >= 0.6 is 0 Å². The quantitative estimate of drug-likeness (QED) is 0.650. The fraction of sp³-hybridized carbons (Fsp3) is 0.133. The molecule has 0 aromatic heterocycles. The predicted octanol–water partition coefficient (Wildman–Crippen LogP) is 2.70. The van der Waals surface area contributed by atoms with E-state index in [2.05, 4.69) is 0 Å². The number of methoxy groups -OCH3 is 1. The van der Waals surface area contributed by atoms with Crippen molar-refractivity contribution in [3.05, 3.63) is 59.4 Å². The second-order valence-corrected chi connectivity index (χ2v) is 4.17. The first-order chi connectivity index (χ1) is 9.61. The van der Waals surface area contributed by atoms with Crippen molar-refractivity contribution in [3.8, 4) is 11.5 Å². The molecule has 0 aliphatic carbocycles. The van der Waals surface area contributed by atoms with Crippen LogP contribution in [-0.2, 0) is 6.61 Å². The lowest BCUT2D eigenvalue weighted by Crippen LogP contribution is -2.13. The fourth-order valence-corrected chi connectivity index (χ4v) is 1.78. The molecule has 0 amide bonds. The molecule has 0 unspecified atom stereocenters. The number of hydrogen-bond donors (Lipinski definition) is 2. The number of nitrogens with one attached hydrogen (secondary N) is 1. The van der Waals surface area contributed by atoms with Gasteiger partial charge in [0.15, 0.2) is 11.6 Å². The van der Waals surface area contributed by atoms with E-state index in [1.165, 1.54) is 13.2 Å². The fourth-order valence-electron chi connectivity index (χ4n) is 1.78. The number of benzene rings is 2. The van der Waals surface area contributed by atoms with Crippen LogP contribution in [0, 0.1) is 11.2 Å². The normalized spacial score (nSPS) is 10.1. The highest BCUT2D eigenvalue weighted by Gasteiger charge is 2.08. The molecule has 0 aliphatic heterocycles. The summed E-state index contributed by atoms with van der Waals surface area (Å²) in [5.41, 5.74) is 6.76. The van der Waals surface area contributed by atoms with Gasteiger partial charge in [0.05, 0.1) is 12.7 Å². The molecule has 0 saturated carbocycles. The summed E-state index contributed by atoms with van der Waals surface area (Å²) in [6, 6.07) is 11.4. The van der Waals surface area contributed by atoms with Gasteiger partial charge in [-0.3, -0.25) is 5.41 Å². The van der Waals surface area contributed by atoms with Gasteiger partial charge in [-0.15, -0.1) is 0 Å². The van der Waals surface area contributed by atoms with Crippen LogP contribution in [0.25, 0.3) is 0 Å². The maximum Gasteiger partial charge on any atom is 0.165 e. The number of nitrogen functional groups attached to an aromatic ring is 1. The van der Waals surface area contributed by atoms with Crippen LogP contribution in [0.5, 0.6) is 11.5 Å². The Bertz CT molecular complexity index is 629. The van der Waals surface area contributed by atoms with Crippen molar-refractivity contribution < 1.29 is 13.9 Å². The maximum atomic E-state index is 13.4. The molecular formula is C15H15FN2O2. The second kappa shape index (κ2) is 6.06. The van der Waals surface area contributed by atoms with E-state index < -0.39 is 5.82 Å². The van der Waals surface area contributed by atoms with Gasteiger partial charge < -0.3 is 15.2 Å². The van der Waals surface area contributed by atoms with E-state index in [0.717, 1.165) is 5.56 Å². The van der Waals surface area contributed by atoms with Gasteiger partial charge in [-0.1, -0.05) is 18.2 Å². The summed E-state index contributed by atoms with van der Waals surface area (Å²) in [4.78, 5) is 0. The summed E-state index contributed by atoms with van der Waals surface area (Å²) in [5.74, 6) is 0.210. The average Bonchev–Trinajstić information content (AvgIpc) is 2.46. The number of ether oxygens (including phenoxy) is 2. The third-order valence-electron chi connectivity index (χ3n) is 2.79. The van der Waals surface area contributed by atoms with Gasteiger partial charge in [0.25, 0.3) is 0 Å². The molecule has 0 saturated heterocycles. The number of hydrogen-bond acceptors (Lipinski definition) is 3. The highest BCUT2D eigenvalue weighted by atomic mass is 19.1. The molecule has 2 aromatic carbocycles. The summed E-state index contributed by atoms with van der Waals surface area (Å²) < 4.78 is 23.9. The van der Waals surface area contributed by atoms with Gasteiger partial charge in [0.2, 0.25) is 0 Å². The van der Waals surface area contributed by atoms with Crippen LogP contribution in [-0.4, -0.2) is 12.9 Å². The van der Waals surface area contributed by atoms with Crippen molar-refractivity contribution in [1.82, 2.24) is 0 Å². The Morgan fingerprint density at radius 2 is 1.95 bits per heavy atom. The van der Waals surface area contributed by atoms with Crippen molar-refractivity contribution in [2.45, 2.75) is 6.61 Å². The highest BCUT2D eigenvalue weighted by Crippen LogP contribution is 2.21. The molecule has 0 heterocycles. The van der Waals surface area contributed by atoms with Gasteiger partial charge in [-0.2, -0.15) is 0 Å². The van der Waals surface area contributed by atoms with E-state index in [4.69, 9.17) is 20.6 Å². The van der Waals surface area contributed by atoms with E-state index in [0.29, 0.717) is 11.3 Å². The minimum Gasteiger partial charge on any atom is -0.496 e.